The standard InChI is InChI=1S/C19H19N3O2/c23-13-19(11-10-14-6-4-5-9-16(14)19)20-12-17-21-22-18(24-17)15-7-2-1-3-8-15/h1-9,20,23H,10-13H2. The highest BCUT2D eigenvalue weighted by molar-refractivity contribution is 5.51. The Morgan fingerprint density at radius 3 is 2.67 bits per heavy atom. The zero-order valence-corrected chi connectivity index (χ0v) is 13.3. The highest BCUT2D eigenvalue weighted by Gasteiger charge is 2.37. The smallest absolute Gasteiger partial charge is 0.247 e. The van der Waals surface area contributed by atoms with Crippen LogP contribution >= 0.6 is 0 Å². The number of fused-ring (bicyclic) bond motifs is 1. The van der Waals surface area contributed by atoms with Crippen LogP contribution < -0.4 is 5.32 Å². The number of rotatable bonds is 5. The Labute approximate surface area is 140 Å². The van der Waals surface area contributed by atoms with Gasteiger partial charge in [-0.25, -0.2) is 0 Å². The zero-order chi connectivity index (χ0) is 16.4. The minimum atomic E-state index is -0.433. The van der Waals surface area contributed by atoms with Crippen LogP contribution in [-0.2, 0) is 18.5 Å². The fourth-order valence-corrected chi connectivity index (χ4v) is 3.36. The lowest BCUT2D eigenvalue weighted by Gasteiger charge is -2.29. The van der Waals surface area contributed by atoms with E-state index >= 15 is 0 Å². The van der Waals surface area contributed by atoms with Gasteiger partial charge in [0.15, 0.2) is 0 Å². The number of nitrogens with one attached hydrogen (secondary N) is 1. The van der Waals surface area contributed by atoms with Crippen LogP contribution in [0.25, 0.3) is 11.5 Å². The third kappa shape index (κ3) is 2.62. The molecule has 0 fully saturated rings. The molecule has 1 aromatic heterocycles. The SMILES string of the molecule is OCC1(NCc2nnc(-c3ccccc3)o2)CCc2ccccc21. The van der Waals surface area contributed by atoms with Crippen molar-refractivity contribution in [1.82, 2.24) is 15.5 Å². The van der Waals surface area contributed by atoms with Gasteiger partial charge in [-0.05, 0) is 36.1 Å². The van der Waals surface area contributed by atoms with Crippen LogP contribution in [0.4, 0.5) is 0 Å². The van der Waals surface area contributed by atoms with E-state index in [1.165, 1.54) is 5.56 Å². The maximum absolute atomic E-state index is 10.00. The molecule has 2 aromatic carbocycles. The number of aromatic nitrogens is 2. The van der Waals surface area contributed by atoms with Crippen molar-refractivity contribution in [2.24, 2.45) is 0 Å². The topological polar surface area (TPSA) is 71.2 Å². The van der Waals surface area contributed by atoms with Crippen LogP contribution in [0.5, 0.6) is 0 Å². The molecule has 0 amide bonds. The van der Waals surface area contributed by atoms with Crippen molar-refractivity contribution in [3.05, 3.63) is 71.6 Å². The van der Waals surface area contributed by atoms with Crippen molar-refractivity contribution < 1.29 is 9.52 Å². The van der Waals surface area contributed by atoms with Gasteiger partial charge in [0.25, 0.3) is 0 Å². The molecule has 2 N–H and O–H groups in total. The van der Waals surface area contributed by atoms with E-state index in [0.29, 0.717) is 18.3 Å². The first kappa shape index (κ1) is 15.1. The van der Waals surface area contributed by atoms with E-state index in [-0.39, 0.29) is 6.61 Å². The second-order valence-corrected chi connectivity index (χ2v) is 6.12. The van der Waals surface area contributed by atoms with Crippen molar-refractivity contribution >= 4 is 0 Å². The molecule has 5 nitrogen and oxygen atoms in total. The Morgan fingerprint density at radius 2 is 1.83 bits per heavy atom. The molecule has 5 heteroatoms. The number of nitrogens with zero attached hydrogens (tertiary/aromatic N) is 2. The molecule has 0 aliphatic heterocycles. The van der Waals surface area contributed by atoms with Crippen molar-refractivity contribution in [2.75, 3.05) is 6.61 Å². The van der Waals surface area contributed by atoms with Gasteiger partial charge in [-0.2, -0.15) is 0 Å². The average molecular weight is 321 g/mol. The van der Waals surface area contributed by atoms with Crippen LogP contribution in [0.3, 0.4) is 0 Å². The summed E-state index contributed by atoms with van der Waals surface area (Å²) in [4.78, 5) is 0. The first-order valence-electron chi connectivity index (χ1n) is 8.13. The Balaban J connectivity index is 1.52. The maximum Gasteiger partial charge on any atom is 0.247 e. The minimum absolute atomic E-state index is 0.0453. The van der Waals surface area contributed by atoms with Crippen LogP contribution in [0.2, 0.25) is 0 Å². The summed E-state index contributed by atoms with van der Waals surface area (Å²) in [6, 6.07) is 17.9. The van der Waals surface area contributed by atoms with E-state index in [0.717, 1.165) is 24.0 Å². The van der Waals surface area contributed by atoms with Gasteiger partial charge in [0.05, 0.1) is 18.7 Å². The molecule has 0 bridgehead atoms. The van der Waals surface area contributed by atoms with Gasteiger partial charge in [0, 0.05) is 5.56 Å². The summed E-state index contributed by atoms with van der Waals surface area (Å²) in [5, 5.41) is 21.7. The second kappa shape index (κ2) is 6.19. The first-order chi connectivity index (χ1) is 11.8. The quantitative estimate of drug-likeness (QED) is 0.756. The van der Waals surface area contributed by atoms with Gasteiger partial charge in [0.2, 0.25) is 11.8 Å². The van der Waals surface area contributed by atoms with Gasteiger partial charge in [-0.15, -0.1) is 10.2 Å². The molecule has 1 aliphatic rings. The van der Waals surface area contributed by atoms with Gasteiger partial charge in [-0.3, -0.25) is 5.32 Å². The van der Waals surface area contributed by atoms with E-state index < -0.39 is 5.54 Å². The van der Waals surface area contributed by atoms with E-state index in [1.54, 1.807) is 0 Å². The molecular weight excluding hydrogens is 302 g/mol. The van der Waals surface area contributed by atoms with Crippen LogP contribution in [0.1, 0.15) is 23.4 Å². The summed E-state index contributed by atoms with van der Waals surface area (Å²) in [6.07, 6.45) is 1.82. The number of aliphatic hydroxyl groups is 1. The normalized spacial score (nSPS) is 19.4. The molecule has 24 heavy (non-hydrogen) atoms. The fourth-order valence-electron chi connectivity index (χ4n) is 3.36. The molecule has 0 saturated carbocycles. The molecule has 0 radical (unpaired) electrons. The van der Waals surface area contributed by atoms with Crippen molar-refractivity contribution in [2.45, 2.75) is 24.9 Å². The molecule has 122 valence electrons. The third-order valence-corrected chi connectivity index (χ3v) is 4.69. The van der Waals surface area contributed by atoms with Gasteiger partial charge < -0.3 is 9.52 Å². The van der Waals surface area contributed by atoms with Crippen molar-refractivity contribution in [1.29, 1.82) is 0 Å². The summed E-state index contributed by atoms with van der Waals surface area (Å²) < 4.78 is 5.74. The first-order valence-corrected chi connectivity index (χ1v) is 8.13. The van der Waals surface area contributed by atoms with Crippen molar-refractivity contribution in [3.63, 3.8) is 0 Å². The molecule has 0 spiro atoms. The largest absolute Gasteiger partial charge is 0.419 e. The molecular formula is C19H19N3O2. The Bertz CT molecular complexity index is 831. The predicted octanol–water partition coefficient (Wildman–Crippen LogP) is 2.66. The third-order valence-electron chi connectivity index (χ3n) is 4.69. The van der Waals surface area contributed by atoms with Gasteiger partial charge in [-0.1, -0.05) is 42.5 Å². The zero-order valence-electron chi connectivity index (χ0n) is 13.3. The second-order valence-electron chi connectivity index (χ2n) is 6.12. The van der Waals surface area contributed by atoms with Gasteiger partial charge in [0.1, 0.15) is 0 Å². The Hall–Kier alpha value is -2.50. The van der Waals surface area contributed by atoms with E-state index in [1.807, 2.05) is 42.5 Å². The van der Waals surface area contributed by atoms with Crippen molar-refractivity contribution in [3.8, 4) is 11.5 Å². The summed E-state index contributed by atoms with van der Waals surface area (Å²) in [7, 11) is 0. The van der Waals surface area contributed by atoms with Crippen LogP contribution in [0.15, 0.2) is 59.0 Å². The number of benzene rings is 2. The van der Waals surface area contributed by atoms with E-state index in [9.17, 15) is 5.11 Å². The summed E-state index contributed by atoms with van der Waals surface area (Å²) in [6.45, 7) is 0.471. The lowest BCUT2D eigenvalue weighted by Crippen LogP contribution is -2.43. The lowest BCUT2D eigenvalue weighted by atomic mass is 9.92. The van der Waals surface area contributed by atoms with Gasteiger partial charge >= 0.3 is 0 Å². The number of aryl methyl sites for hydroxylation is 1. The summed E-state index contributed by atoms with van der Waals surface area (Å²) >= 11 is 0. The lowest BCUT2D eigenvalue weighted by molar-refractivity contribution is 0.155. The Kier molecular flexibility index (Phi) is 3.88. The summed E-state index contributed by atoms with van der Waals surface area (Å²) in [5.41, 5.74) is 2.92. The monoisotopic (exact) mass is 321 g/mol. The molecule has 0 saturated heterocycles. The Morgan fingerprint density at radius 1 is 1.04 bits per heavy atom. The predicted molar refractivity (Wildman–Crippen MR) is 90.1 cm³/mol. The van der Waals surface area contributed by atoms with E-state index in [4.69, 9.17) is 4.42 Å². The minimum Gasteiger partial charge on any atom is -0.419 e. The highest BCUT2D eigenvalue weighted by Crippen LogP contribution is 2.36. The molecule has 3 aromatic rings. The highest BCUT2D eigenvalue weighted by atomic mass is 16.4. The molecule has 1 atom stereocenters. The number of aliphatic hydroxyl groups excluding tert-OH is 1. The molecule has 1 heterocycles. The van der Waals surface area contributed by atoms with E-state index in [2.05, 4.69) is 27.6 Å². The number of hydrogen-bond donors (Lipinski definition) is 2. The maximum atomic E-state index is 10.00. The fraction of sp³-hybridized carbons (Fsp3) is 0.263. The summed E-state index contributed by atoms with van der Waals surface area (Å²) in [5.74, 6) is 1.03. The van der Waals surface area contributed by atoms with Crippen LogP contribution in [-0.4, -0.2) is 21.9 Å². The molecule has 1 unspecified atom stereocenters. The van der Waals surface area contributed by atoms with Crippen LogP contribution in [0, 0.1) is 0 Å². The molecule has 1 aliphatic carbocycles. The average Bonchev–Trinajstić information content (AvgIpc) is 3.26. The number of hydrogen-bond acceptors (Lipinski definition) is 5. The molecule has 4 rings (SSSR count).